The van der Waals surface area contributed by atoms with Gasteiger partial charge in [0, 0.05) is 6.54 Å². The highest BCUT2D eigenvalue weighted by molar-refractivity contribution is 5.69. The van der Waals surface area contributed by atoms with Gasteiger partial charge in [0.1, 0.15) is 5.75 Å². The summed E-state index contributed by atoms with van der Waals surface area (Å²) in [6.07, 6.45) is 3.42. The number of methoxy groups -OCH3 is 1. The number of ether oxygens (including phenoxy) is 1. The molecule has 2 aromatic rings. The Morgan fingerprint density at radius 2 is 1.60 bits per heavy atom. The first-order chi connectivity index (χ1) is 17.0. The van der Waals surface area contributed by atoms with Gasteiger partial charge in [-0.2, -0.15) is 0 Å². The Kier molecular flexibility index (Phi) is 5.57. The van der Waals surface area contributed by atoms with E-state index in [0.29, 0.717) is 5.92 Å². The van der Waals surface area contributed by atoms with Crippen LogP contribution in [0.4, 0.5) is 4.79 Å². The van der Waals surface area contributed by atoms with Crippen molar-refractivity contribution in [3.05, 3.63) is 65.7 Å². The molecule has 2 aromatic carbocycles. The fraction of sp³-hybridized carbons (Fsp3) is 0.552. The molecular formula is C29H37N3O3. The highest BCUT2D eigenvalue weighted by Crippen LogP contribution is 2.62. The average molecular weight is 476 g/mol. The zero-order chi connectivity index (χ0) is 24.2. The van der Waals surface area contributed by atoms with E-state index >= 15 is 0 Å². The smallest absolute Gasteiger partial charge is 0.408 e. The lowest BCUT2D eigenvalue weighted by atomic mass is 9.54. The molecule has 6 nitrogen and oxygen atoms in total. The quantitative estimate of drug-likeness (QED) is 0.685. The molecule has 0 spiro atoms. The second kappa shape index (κ2) is 8.52. The first-order valence-corrected chi connectivity index (χ1v) is 13.2. The lowest BCUT2D eigenvalue weighted by Gasteiger charge is -2.70. The zero-order valence-corrected chi connectivity index (χ0v) is 20.9. The minimum absolute atomic E-state index is 0.000638. The second-order valence-corrected chi connectivity index (χ2v) is 11.1. The summed E-state index contributed by atoms with van der Waals surface area (Å²) in [5, 5.41) is 11.1. The van der Waals surface area contributed by atoms with E-state index in [-0.39, 0.29) is 12.0 Å². The Morgan fingerprint density at radius 3 is 2.14 bits per heavy atom. The monoisotopic (exact) mass is 475 g/mol. The topological polar surface area (TPSA) is 56.2 Å². The number of carbonyl (C=O) groups is 1. The van der Waals surface area contributed by atoms with Crippen molar-refractivity contribution in [3.63, 3.8) is 0 Å². The number of rotatable bonds is 5. The van der Waals surface area contributed by atoms with Crippen molar-refractivity contribution >= 4 is 6.09 Å². The van der Waals surface area contributed by atoms with Crippen LogP contribution in [-0.4, -0.2) is 71.8 Å². The van der Waals surface area contributed by atoms with Gasteiger partial charge >= 0.3 is 6.09 Å². The van der Waals surface area contributed by atoms with Crippen LogP contribution in [0.3, 0.4) is 0 Å². The van der Waals surface area contributed by atoms with Gasteiger partial charge in [-0.3, -0.25) is 9.80 Å². The molecule has 1 amide bonds. The fourth-order valence-corrected chi connectivity index (χ4v) is 8.26. The highest BCUT2D eigenvalue weighted by Gasteiger charge is 2.68. The molecule has 0 radical (unpaired) electrons. The van der Waals surface area contributed by atoms with Crippen LogP contribution in [0.15, 0.2) is 54.6 Å². The summed E-state index contributed by atoms with van der Waals surface area (Å²) >= 11 is 0. The number of hydrogen-bond acceptors (Lipinski definition) is 4. The number of carboxylic acid groups (broad SMARTS) is 1. The maximum absolute atomic E-state index is 13.5. The van der Waals surface area contributed by atoms with Gasteiger partial charge in [-0.15, -0.1) is 0 Å². The van der Waals surface area contributed by atoms with Crippen LogP contribution in [0.2, 0.25) is 0 Å². The molecule has 6 saturated heterocycles. The second-order valence-electron chi connectivity index (χ2n) is 11.1. The minimum Gasteiger partial charge on any atom is -0.497 e. The molecule has 3 atom stereocenters. The van der Waals surface area contributed by atoms with E-state index in [4.69, 9.17) is 4.74 Å². The summed E-state index contributed by atoms with van der Waals surface area (Å²) in [4.78, 5) is 20.6. The maximum atomic E-state index is 13.5. The van der Waals surface area contributed by atoms with Gasteiger partial charge in [0.05, 0.1) is 24.2 Å². The average Bonchev–Trinajstić information content (AvgIpc) is 2.92. The molecule has 186 valence electrons. The van der Waals surface area contributed by atoms with E-state index < -0.39 is 17.2 Å². The van der Waals surface area contributed by atoms with Crippen LogP contribution in [0.25, 0.3) is 0 Å². The van der Waals surface area contributed by atoms with Crippen LogP contribution < -0.4 is 4.74 Å². The van der Waals surface area contributed by atoms with E-state index in [1.165, 1.54) is 5.56 Å². The third-order valence-electron chi connectivity index (χ3n) is 9.87. The Hall–Kier alpha value is -2.57. The summed E-state index contributed by atoms with van der Waals surface area (Å²) in [5.41, 5.74) is 1.13. The molecule has 0 aromatic heterocycles. The van der Waals surface area contributed by atoms with Crippen molar-refractivity contribution in [3.8, 4) is 5.75 Å². The minimum atomic E-state index is -0.782. The molecule has 8 rings (SSSR count). The van der Waals surface area contributed by atoms with Crippen molar-refractivity contribution in [1.82, 2.24) is 14.7 Å². The number of nitrogens with zero attached hydrogens (tertiary/aromatic N) is 3. The van der Waals surface area contributed by atoms with E-state index in [2.05, 4.69) is 59.2 Å². The van der Waals surface area contributed by atoms with Crippen LogP contribution in [0, 0.1) is 11.8 Å². The Morgan fingerprint density at radius 1 is 0.943 bits per heavy atom. The summed E-state index contributed by atoms with van der Waals surface area (Å²) in [5.74, 6) is 1.47. The van der Waals surface area contributed by atoms with E-state index in [9.17, 15) is 9.90 Å². The fourth-order valence-electron chi connectivity index (χ4n) is 8.26. The van der Waals surface area contributed by atoms with Crippen LogP contribution in [0.5, 0.6) is 5.75 Å². The summed E-state index contributed by atoms with van der Waals surface area (Å²) in [7, 11) is 1.68. The van der Waals surface area contributed by atoms with Gasteiger partial charge in [-0.25, -0.2) is 4.79 Å². The molecule has 0 aliphatic carbocycles. The zero-order valence-electron chi connectivity index (χ0n) is 20.9. The Balaban J connectivity index is 1.63. The van der Waals surface area contributed by atoms with Gasteiger partial charge < -0.3 is 14.7 Å². The molecule has 6 heterocycles. The van der Waals surface area contributed by atoms with Gasteiger partial charge in [-0.05, 0) is 93.9 Å². The molecule has 6 heteroatoms. The third-order valence-corrected chi connectivity index (χ3v) is 9.87. The third kappa shape index (κ3) is 3.19. The van der Waals surface area contributed by atoms with Gasteiger partial charge in [-0.1, -0.05) is 42.5 Å². The maximum Gasteiger partial charge on any atom is 0.408 e. The van der Waals surface area contributed by atoms with Crippen molar-refractivity contribution in [2.24, 2.45) is 11.8 Å². The van der Waals surface area contributed by atoms with E-state index in [0.717, 1.165) is 69.7 Å². The van der Waals surface area contributed by atoms with Crippen LogP contribution >= 0.6 is 0 Å². The molecule has 35 heavy (non-hydrogen) atoms. The number of piperidine rings is 6. The number of amides is 1. The van der Waals surface area contributed by atoms with Crippen molar-refractivity contribution < 1.29 is 14.6 Å². The first kappa shape index (κ1) is 22.9. The normalized spacial score (nSPS) is 37.7. The summed E-state index contributed by atoms with van der Waals surface area (Å²) in [6, 6.07) is 19.0. The SMILES string of the molecule is COc1ccc(C2(N(C(=O)O)C3CN4CCC3CC4)C3CCN(CC3)[C@@]2(C)c2ccccc2)cc1. The molecular weight excluding hydrogens is 438 g/mol. The summed E-state index contributed by atoms with van der Waals surface area (Å²) in [6.45, 7) is 7.34. The van der Waals surface area contributed by atoms with Crippen molar-refractivity contribution in [2.75, 3.05) is 39.8 Å². The largest absolute Gasteiger partial charge is 0.497 e. The number of hydrogen-bond donors (Lipinski definition) is 1. The standard InChI is InChI=1S/C29H37N3O3/c1-28(22-6-4-3-5-7-22)29(24-14-18-31(28)19-15-24,23-8-10-25(35-2)11-9-23)32(27(33)34)26-20-30-16-12-21(26)13-17-30/h3-11,21,24,26H,12-20H2,1-2H3,(H,33,34)/t26?,28-,29?/m0/s1. The molecule has 0 saturated carbocycles. The van der Waals surface area contributed by atoms with Gasteiger partial charge in [0.15, 0.2) is 0 Å². The molecule has 2 unspecified atom stereocenters. The molecule has 6 aliphatic rings. The predicted octanol–water partition coefficient (Wildman–Crippen LogP) is 4.61. The highest BCUT2D eigenvalue weighted by atomic mass is 16.5. The van der Waals surface area contributed by atoms with Crippen molar-refractivity contribution in [2.45, 2.75) is 49.7 Å². The number of benzene rings is 2. The Labute approximate surface area is 208 Å². The van der Waals surface area contributed by atoms with Crippen molar-refractivity contribution in [1.29, 1.82) is 0 Å². The lowest BCUT2D eigenvalue weighted by Crippen LogP contribution is -2.78. The molecule has 1 N–H and O–H groups in total. The predicted molar refractivity (Wildman–Crippen MR) is 136 cm³/mol. The van der Waals surface area contributed by atoms with Crippen LogP contribution in [0.1, 0.15) is 43.7 Å². The van der Waals surface area contributed by atoms with E-state index in [1.807, 2.05) is 17.0 Å². The molecule has 4 bridgehead atoms. The molecule has 6 aliphatic heterocycles. The summed E-state index contributed by atoms with van der Waals surface area (Å²) < 4.78 is 5.51. The van der Waals surface area contributed by atoms with Gasteiger partial charge in [0.25, 0.3) is 0 Å². The van der Waals surface area contributed by atoms with Crippen LogP contribution in [-0.2, 0) is 11.1 Å². The first-order valence-electron chi connectivity index (χ1n) is 13.2. The lowest BCUT2D eigenvalue weighted by molar-refractivity contribution is -0.191. The Bertz CT molecular complexity index is 1060. The number of fused-ring (bicyclic) bond motifs is 6. The molecule has 6 fully saturated rings. The van der Waals surface area contributed by atoms with E-state index in [1.54, 1.807) is 7.11 Å². The van der Waals surface area contributed by atoms with Gasteiger partial charge in [0.2, 0.25) is 0 Å².